The number of nitrogens with one attached hydrogen (secondary N) is 1. The number of rotatable bonds is 19. The quantitative estimate of drug-likeness (QED) is 0.152. The molecule has 162 valence electrons. The van der Waals surface area contributed by atoms with Gasteiger partial charge in [0, 0.05) is 6.42 Å². The highest BCUT2D eigenvalue weighted by Crippen LogP contribution is 2.14. The van der Waals surface area contributed by atoms with Crippen molar-refractivity contribution in [3.8, 4) is 0 Å². The fourth-order valence-electron chi connectivity index (χ4n) is 3.42. The minimum Gasteiger partial charge on any atom is -0.447 e. The van der Waals surface area contributed by atoms with Crippen molar-refractivity contribution in [1.82, 2.24) is 5.32 Å². The molecule has 1 unspecified atom stereocenters. The van der Waals surface area contributed by atoms with Crippen LogP contribution in [0.15, 0.2) is 0 Å². The topological polar surface area (TPSA) is 58.6 Å². The summed E-state index contributed by atoms with van der Waals surface area (Å²) in [5.74, 6) is -0.186. The van der Waals surface area contributed by atoms with Gasteiger partial charge < -0.3 is 9.84 Å². The predicted molar refractivity (Wildman–Crippen MR) is 115 cm³/mol. The Morgan fingerprint density at radius 3 is 1.56 bits per heavy atom. The first-order valence-corrected chi connectivity index (χ1v) is 11.5. The van der Waals surface area contributed by atoms with Crippen LogP contribution in [-0.2, 0) is 9.53 Å². The van der Waals surface area contributed by atoms with E-state index in [-0.39, 0.29) is 5.97 Å². The molecule has 0 aromatic rings. The molecule has 27 heavy (non-hydrogen) atoms. The van der Waals surface area contributed by atoms with Crippen LogP contribution in [0.5, 0.6) is 0 Å². The van der Waals surface area contributed by atoms with Gasteiger partial charge in [0.2, 0.25) is 0 Å². The van der Waals surface area contributed by atoms with E-state index < -0.39 is 12.0 Å². The molecule has 2 N–H and O–H groups in total. The average Bonchev–Trinajstić information content (AvgIpc) is 2.56. The molecule has 0 saturated heterocycles. The Labute approximate surface area is 168 Å². The Hall–Kier alpha value is -0.610. The average molecular weight is 386 g/mol. The summed E-state index contributed by atoms with van der Waals surface area (Å²) in [6.45, 7) is 7.27. The normalized spacial score (nSPS) is 12.9. The van der Waals surface area contributed by atoms with E-state index in [0.717, 1.165) is 12.8 Å². The summed E-state index contributed by atoms with van der Waals surface area (Å²) in [7, 11) is 0. The van der Waals surface area contributed by atoms with Crippen LogP contribution in [0.3, 0.4) is 0 Å². The standard InChI is InChI=1S/C23H47NO3/c1-5-6-7-8-9-10-11-12-13-14-15-16-17-18-19-20-22(25)27-21(2)24-23(3,4)26/h21,24,26H,5-20H2,1-4H3. The molecule has 0 aliphatic heterocycles. The Morgan fingerprint density at radius 1 is 0.815 bits per heavy atom. The molecule has 0 rings (SSSR count). The maximum atomic E-state index is 11.7. The molecule has 0 amide bonds. The third-order valence-electron chi connectivity index (χ3n) is 4.85. The van der Waals surface area contributed by atoms with E-state index in [0.29, 0.717) is 6.42 Å². The van der Waals surface area contributed by atoms with Crippen molar-refractivity contribution in [2.45, 2.75) is 142 Å². The SMILES string of the molecule is CCCCCCCCCCCCCCCCCC(=O)OC(C)NC(C)(C)O. The van der Waals surface area contributed by atoms with Crippen molar-refractivity contribution in [2.24, 2.45) is 0 Å². The van der Waals surface area contributed by atoms with Gasteiger partial charge in [0.25, 0.3) is 0 Å². The van der Waals surface area contributed by atoms with Gasteiger partial charge in [-0.1, -0.05) is 96.8 Å². The van der Waals surface area contributed by atoms with Gasteiger partial charge in [-0.2, -0.15) is 0 Å². The van der Waals surface area contributed by atoms with Crippen LogP contribution in [-0.4, -0.2) is 23.0 Å². The van der Waals surface area contributed by atoms with Crippen molar-refractivity contribution in [2.75, 3.05) is 0 Å². The van der Waals surface area contributed by atoms with Crippen molar-refractivity contribution < 1.29 is 14.6 Å². The van der Waals surface area contributed by atoms with E-state index >= 15 is 0 Å². The molecule has 0 fully saturated rings. The molecule has 0 aromatic heterocycles. The van der Waals surface area contributed by atoms with Gasteiger partial charge in [-0.25, -0.2) is 0 Å². The second-order valence-electron chi connectivity index (χ2n) is 8.54. The lowest BCUT2D eigenvalue weighted by Gasteiger charge is -2.24. The second kappa shape index (κ2) is 17.5. The van der Waals surface area contributed by atoms with E-state index in [1.165, 1.54) is 83.5 Å². The van der Waals surface area contributed by atoms with Crippen LogP contribution in [0, 0.1) is 0 Å². The molecule has 1 atom stereocenters. The number of carbonyl (C=O) groups is 1. The van der Waals surface area contributed by atoms with E-state index in [1.807, 2.05) is 0 Å². The van der Waals surface area contributed by atoms with E-state index in [2.05, 4.69) is 12.2 Å². The van der Waals surface area contributed by atoms with E-state index in [4.69, 9.17) is 4.74 Å². The van der Waals surface area contributed by atoms with Gasteiger partial charge in [-0.15, -0.1) is 0 Å². The number of ether oxygens (including phenoxy) is 1. The van der Waals surface area contributed by atoms with Gasteiger partial charge >= 0.3 is 5.97 Å². The van der Waals surface area contributed by atoms with Crippen molar-refractivity contribution >= 4 is 5.97 Å². The Balaban J connectivity index is 3.27. The summed E-state index contributed by atoms with van der Waals surface area (Å²) in [5.41, 5.74) is -1.03. The summed E-state index contributed by atoms with van der Waals surface area (Å²) in [6.07, 6.45) is 19.8. The molecule has 0 bridgehead atoms. The van der Waals surface area contributed by atoms with Gasteiger partial charge in [0.05, 0.1) is 0 Å². The van der Waals surface area contributed by atoms with Gasteiger partial charge in [0.1, 0.15) is 5.72 Å². The molecule has 0 spiro atoms. The maximum Gasteiger partial charge on any atom is 0.307 e. The molecule has 0 aliphatic rings. The lowest BCUT2D eigenvalue weighted by Crippen LogP contribution is -2.46. The molecule has 0 aromatic carbocycles. The molecule has 0 saturated carbocycles. The molecular weight excluding hydrogens is 338 g/mol. The van der Waals surface area contributed by atoms with Gasteiger partial charge in [0.15, 0.2) is 6.23 Å². The lowest BCUT2D eigenvalue weighted by atomic mass is 10.0. The first kappa shape index (κ1) is 26.4. The first-order valence-electron chi connectivity index (χ1n) is 11.5. The number of aliphatic hydroxyl groups is 1. The first-order chi connectivity index (χ1) is 12.8. The number of hydrogen-bond acceptors (Lipinski definition) is 4. The fourth-order valence-corrected chi connectivity index (χ4v) is 3.42. The zero-order valence-corrected chi connectivity index (χ0v) is 18.7. The highest BCUT2D eigenvalue weighted by molar-refractivity contribution is 5.69. The van der Waals surface area contributed by atoms with Crippen LogP contribution < -0.4 is 5.32 Å². The van der Waals surface area contributed by atoms with Gasteiger partial charge in [-0.05, 0) is 27.2 Å². The lowest BCUT2D eigenvalue weighted by molar-refractivity contribution is -0.153. The number of esters is 1. The molecule has 0 heterocycles. The molecule has 0 radical (unpaired) electrons. The van der Waals surface area contributed by atoms with Crippen molar-refractivity contribution in [1.29, 1.82) is 0 Å². The summed E-state index contributed by atoms with van der Waals surface area (Å²) in [4.78, 5) is 11.7. The zero-order valence-electron chi connectivity index (χ0n) is 18.7. The third-order valence-corrected chi connectivity index (χ3v) is 4.85. The summed E-state index contributed by atoms with van der Waals surface area (Å²) >= 11 is 0. The Morgan fingerprint density at radius 2 is 1.19 bits per heavy atom. The van der Waals surface area contributed by atoms with E-state index in [1.54, 1.807) is 20.8 Å². The predicted octanol–water partition coefficient (Wildman–Crippen LogP) is 6.46. The smallest absolute Gasteiger partial charge is 0.307 e. The zero-order chi connectivity index (χ0) is 20.4. The third kappa shape index (κ3) is 21.5. The largest absolute Gasteiger partial charge is 0.447 e. The van der Waals surface area contributed by atoms with Crippen LogP contribution in [0.1, 0.15) is 130 Å². The summed E-state index contributed by atoms with van der Waals surface area (Å²) in [5, 5.41) is 12.4. The maximum absolute atomic E-state index is 11.7. The van der Waals surface area contributed by atoms with Gasteiger partial charge in [-0.3, -0.25) is 10.1 Å². The Bertz CT molecular complexity index is 339. The summed E-state index contributed by atoms with van der Waals surface area (Å²) in [6, 6.07) is 0. The van der Waals surface area contributed by atoms with E-state index in [9.17, 15) is 9.90 Å². The molecule has 4 nitrogen and oxygen atoms in total. The molecule has 4 heteroatoms. The second-order valence-corrected chi connectivity index (χ2v) is 8.54. The molecular formula is C23H47NO3. The highest BCUT2D eigenvalue weighted by atomic mass is 16.6. The van der Waals surface area contributed by atoms with Crippen molar-refractivity contribution in [3.05, 3.63) is 0 Å². The number of hydrogen-bond donors (Lipinski definition) is 2. The van der Waals surface area contributed by atoms with Crippen LogP contribution in [0.4, 0.5) is 0 Å². The van der Waals surface area contributed by atoms with Crippen LogP contribution in [0.25, 0.3) is 0 Å². The number of unbranched alkanes of at least 4 members (excludes halogenated alkanes) is 14. The minimum atomic E-state index is -1.03. The number of carbonyl (C=O) groups excluding carboxylic acids is 1. The fraction of sp³-hybridized carbons (Fsp3) is 0.957. The van der Waals surface area contributed by atoms with Crippen molar-refractivity contribution in [3.63, 3.8) is 0 Å². The van der Waals surface area contributed by atoms with Crippen LogP contribution in [0.2, 0.25) is 0 Å². The molecule has 0 aliphatic carbocycles. The highest BCUT2D eigenvalue weighted by Gasteiger charge is 2.17. The summed E-state index contributed by atoms with van der Waals surface area (Å²) < 4.78 is 5.24. The monoisotopic (exact) mass is 385 g/mol. The Kier molecular flexibility index (Phi) is 17.1. The minimum absolute atomic E-state index is 0.186. The van der Waals surface area contributed by atoms with Crippen LogP contribution >= 0.6 is 0 Å².